The fraction of sp³-hybridized carbons (Fsp3) is 0.267. The van der Waals surface area contributed by atoms with E-state index in [4.69, 9.17) is 10.5 Å². The number of thiazole rings is 1. The number of primary amides is 1. The molecule has 0 aliphatic heterocycles. The molecule has 2 rings (SSSR count). The lowest BCUT2D eigenvalue weighted by atomic mass is 10.3. The number of methoxy groups -OCH3 is 1. The molecule has 1 aromatic heterocycles. The zero-order chi connectivity index (χ0) is 16.8. The van der Waals surface area contributed by atoms with Crippen LogP contribution in [0.2, 0.25) is 0 Å². The molecule has 0 saturated carbocycles. The van der Waals surface area contributed by atoms with Crippen LogP contribution < -0.4 is 15.8 Å². The quantitative estimate of drug-likeness (QED) is 0.746. The van der Waals surface area contributed by atoms with Gasteiger partial charge in [-0.1, -0.05) is 11.8 Å². The Morgan fingerprint density at radius 2 is 2.04 bits per heavy atom. The van der Waals surface area contributed by atoms with Crippen LogP contribution in [0.3, 0.4) is 0 Å². The normalized spacial score (nSPS) is 10.3. The highest BCUT2D eigenvalue weighted by Gasteiger charge is 2.12. The minimum absolute atomic E-state index is 0.121. The first kappa shape index (κ1) is 17.3. The van der Waals surface area contributed by atoms with Crippen LogP contribution in [-0.4, -0.2) is 29.7 Å². The number of thioether (sulfide) groups is 1. The summed E-state index contributed by atoms with van der Waals surface area (Å²) in [6, 6.07) is 7.12. The van der Waals surface area contributed by atoms with Crippen molar-refractivity contribution in [1.82, 2.24) is 4.98 Å². The first-order valence-electron chi connectivity index (χ1n) is 6.79. The number of amides is 2. The number of ether oxygens (including phenoxy) is 1. The van der Waals surface area contributed by atoms with Crippen molar-refractivity contribution in [3.8, 4) is 5.75 Å². The van der Waals surface area contributed by atoms with Gasteiger partial charge in [-0.2, -0.15) is 0 Å². The van der Waals surface area contributed by atoms with E-state index in [-0.39, 0.29) is 24.0 Å². The predicted octanol–water partition coefficient (Wildman–Crippen LogP) is 2.22. The third-order valence-electron chi connectivity index (χ3n) is 2.91. The summed E-state index contributed by atoms with van der Waals surface area (Å²) in [6.07, 6.45) is 0.183. The minimum atomic E-state index is -0.384. The Hall–Kier alpha value is -2.06. The van der Waals surface area contributed by atoms with Crippen LogP contribution in [0.15, 0.2) is 28.6 Å². The summed E-state index contributed by atoms with van der Waals surface area (Å²) in [5.74, 6) is 0.474. The van der Waals surface area contributed by atoms with Crippen molar-refractivity contribution < 1.29 is 14.3 Å². The number of nitrogens with one attached hydrogen (secondary N) is 1. The lowest BCUT2D eigenvalue weighted by Crippen LogP contribution is -2.13. The Balaban J connectivity index is 1.87. The fourth-order valence-electron chi connectivity index (χ4n) is 1.78. The zero-order valence-corrected chi connectivity index (χ0v) is 14.4. The topological polar surface area (TPSA) is 94.3 Å². The minimum Gasteiger partial charge on any atom is -0.497 e. The Morgan fingerprint density at radius 1 is 1.35 bits per heavy atom. The molecule has 0 fully saturated rings. The van der Waals surface area contributed by atoms with Gasteiger partial charge in [-0.05, 0) is 31.2 Å². The summed E-state index contributed by atoms with van der Waals surface area (Å²) < 4.78 is 5.82. The molecule has 0 saturated heterocycles. The number of carbonyl (C=O) groups is 2. The van der Waals surface area contributed by atoms with E-state index in [9.17, 15) is 9.59 Å². The van der Waals surface area contributed by atoms with Crippen molar-refractivity contribution in [3.63, 3.8) is 0 Å². The fourth-order valence-corrected chi connectivity index (χ4v) is 3.83. The summed E-state index contributed by atoms with van der Waals surface area (Å²) >= 11 is 2.73. The van der Waals surface area contributed by atoms with Crippen LogP contribution in [0.1, 0.15) is 10.6 Å². The Kier molecular flexibility index (Phi) is 6.00. The standard InChI is InChI=1S/C15H17N3O3S2/c1-9-12(7-13(16)19)23-15(17-9)22-8-14(20)18-10-3-5-11(21-2)6-4-10/h3-6H,7-8H2,1-2H3,(H2,16,19)(H,18,20). The number of benzene rings is 1. The van der Waals surface area contributed by atoms with E-state index < -0.39 is 0 Å². The number of aromatic nitrogens is 1. The first-order valence-corrected chi connectivity index (χ1v) is 8.59. The molecule has 2 amide bonds. The molecule has 23 heavy (non-hydrogen) atoms. The van der Waals surface area contributed by atoms with Crippen molar-refractivity contribution in [2.75, 3.05) is 18.2 Å². The van der Waals surface area contributed by atoms with Crippen molar-refractivity contribution in [2.45, 2.75) is 17.7 Å². The molecule has 2 aromatic rings. The molecule has 6 nitrogen and oxygen atoms in total. The summed E-state index contributed by atoms with van der Waals surface area (Å²) in [4.78, 5) is 28.1. The van der Waals surface area contributed by atoms with E-state index in [0.717, 1.165) is 20.7 Å². The third-order valence-corrected chi connectivity index (χ3v) is 5.21. The molecular weight excluding hydrogens is 334 g/mol. The van der Waals surface area contributed by atoms with Crippen LogP contribution in [0.5, 0.6) is 5.75 Å². The van der Waals surface area contributed by atoms with Crippen LogP contribution in [-0.2, 0) is 16.0 Å². The zero-order valence-electron chi connectivity index (χ0n) is 12.8. The van der Waals surface area contributed by atoms with Gasteiger partial charge >= 0.3 is 0 Å². The summed E-state index contributed by atoms with van der Waals surface area (Å²) in [6.45, 7) is 1.83. The Morgan fingerprint density at radius 3 is 2.65 bits per heavy atom. The molecule has 0 spiro atoms. The second kappa shape index (κ2) is 7.98. The monoisotopic (exact) mass is 351 g/mol. The molecule has 1 aromatic carbocycles. The van der Waals surface area contributed by atoms with Gasteiger partial charge in [0, 0.05) is 10.6 Å². The van der Waals surface area contributed by atoms with Crippen molar-refractivity contribution in [2.24, 2.45) is 5.73 Å². The molecule has 0 bridgehead atoms. The smallest absolute Gasteiger partial charge is 0.234 e. The van der Waals surface area contributed by atoms with Crippen LogP contribution in [0, 0.1) is 6.92 Å². The number of hydrogen-bond acceptors (Lipinski definition) is 6. The van der Waals surface area contributed by atoms with Gasteiger partial charge in [-0.15, -0.1) is 11.3 Å². The Bertz CT molecular complexity index is 698. The number of rotatable bonds is 7. The van der Waals surface area contributed by atoms with Gasteiger partial charge in [0.25, 0.3) is 0 Å². The molecule has 122 valence electrons. The number of aryl methyl sites for hydroxylation is 1. The predicted molar refractivity (Wildman–Crippen MR) is 92.1 cm³/mol. The van der Waals surface area contributed by atoms with Crippen LogP contribution >= 0.6 is 23.1 Å². The van der Waals surface area contributed by atoms with Gasteiger partial charge in [0.2, 0.25) is 11.8 Å². The van der Waals surface area contributed by atoms with E-state index >= 15 is 0 Å². The molecule has 0 radical (unpaired) electrons. The summed E-state index contributed by atoms with van der Waals surface area (Å²) in [5.41, 5.74) is 6.69. The SMILES string of the molecule is COc1ccc(NC(=O)CSc2nc(C)c(CC(N)=O)s2)cc1. The molecular formula is C15H17N3O3S2. The molecule has 8 heteroatoms. The van der Waals surface area contributed by atoms with E-state index in [2.05, 4.69) is 10.3 Å². The van der Waals surface area contributed by atoms with Crippen LogP contribution in [0.25, 0.3) is 0 Å². The third kappa shape index (κ3) is 5.26. The van der Waals surface area contributed by atoms with Gasteiger partial charge in [0.1, 0.15) is 5.75 Å². The highest BCUT2D eigenvalue weighted by Crippen LogP contribution is 2.27. The second-order valence-corrected chi connectivity index (χ2v) is 7.00. The maximum Gasteiger partial charge on any atom is 0.234 e. The number of hydrogen-bond donors (Lipinski definition) is 2. The highest BCUT2D eigenvalue weighted by molar-refractivity contribution is 8.01. The van der Waals surface area contributed by atoms with Gasteiger partial charge in [0.05, 0.1) is 25.0 Å². The molecule has 1 heterocycles. The number of nitrogens with two attached hydrogens (primary N) is 1. The van der Waals surface area contributed by atoms with Gasteiger partial charge in [0.15, 0.2) is 4.34 Å². The average molecular weight is 351 g/mol. The van der Waals surface area contributed by atoms with Crippen molar-refractivity contribution in [3.05, 3.63) is 34.8 Å². The number of carbonyl (C=O) groups excluding carboxylic acids is 2. The lowest BCUT2D eigenvalue weighted by molar-refractivity contribution is -0.117. The van der Waals surface area contributed by atoms with Crippen LogP contribution in [0.4, 0.5) is 5.69 Å². The lowest BCUT2D eigenvalue weighted by Gasteiger charge is -2.05. The largest absolute Gasteiger partial charge is 0.497 e. The molecule has 0 unspecified atom stereocenters. The first-order chi connectivity index (χ1) is 11.0. The molecule has 0 aliphatic rings. The van der Waals surface area contributed by atoms with E-state index in [1.165, 1.54) is 23.1 Å². The van der Waals surface area contributed by atoms with E-state index in [1.807, 2.05) is 6.92 Å². The van der Waals surface area contributed by atoms with Crippen molar-refractivity contribution >= 4 is 40.6 Å². The summed E-state index contributed by atoms with van der Waals surface area (Å²) in [5, 5.41) is 2.80. The second-order valence-electron chi connectivity index (χ2n) is 4.70. The maximum atomic E-state index is 11.9. The summed E-state index contributed by atoms with van der Waals surface area (Å²) in [7, 11) is 1.59. The van der Waals surface area contributed by atoms with E-state index in [0.29, 0.717) is 5.69 Å². The maximum absolute atomic E-state index is 11.9. The van der Waals surface area contributed by atoms with Gasteiger partial charge in [-0.3, -0.25) is 9.59 Å². The molecule has 0 aliphatic carbocycles. The van der Waals surface area contributed by atoms with Gasteiger partial charge < -0.3 is 15.8 Å². The Labute approximate surface area is 142 Å². The van der Waals surface area contributed by atoms with E-state index in [1.54, 1.807) is 31.4 Å². The van der Waals surface area contributed by atoms with Crippen molar-refractivity contribution in [1.29, 1.82) is 0 Å². The molecule has 0 atom stereocenters. The highest BCUT2D eigenvalue weighted by atomic mass is 32.2. The molecule has 3 N–H and O–H groups in total. The number of anilines is 1. The average Bonchev–Trinajstić information content (AvgIpc) is 2.85. The van der Waals surface area contributed by atoms with Gasteiger partial charge in [-0.25, -0.2) is 4.98 Å². The number of nitrogens with zero attached hydrogens (tertiary/aromatic N) is 1.